The number of benzene rings is 2. The van der Waals surface area contributed by atoms with E-state index in [1.54, 1.807) is 12.1 Å². The van der Waals surface area contributed by atoms with Crippen molar-refractivity contribution < 1.29 is 17.6 Å². The zero-order valence-corrected chi connectivity index (χ0v) is 20.2. The number of aromatic nitrogens is 2. The van der Waals surface area contributed by atoms with Gasteiger partial charge >= 0.3 is 0 Å². The maximum Gasteiger partial charge on any atom is 0.256 e. The number of nitrogens with one attached hydrogen (secondary N) is 2. The first kappa shape index (κ1) is 23.5. The molecule has 3 heterocycles. The van der Waals surface area contributed by atoms with Gasteiger partial charge in [-0.3, -0.25) is 9.89 Å². The van der Waals surface area contributed by atoms with Crippen LogP contribution in [-0.2, 0) is 23.0 Å². The first-order chi connectivity index (χ1) is 16.8. The summed E-state index contributed by atoms with van der Waals surface area (Å²) in [5.74, 6) is -0.639. The number of aromatic amines is 1. The van der Waals surface area contributed by atoms with Gasteiger partial charge in [0.1, 0.15) is 5.82 Å². The van der Waals surface area contributed by atoms with Crippen LogP contribution in [0.1, 0.15) is 21.6 Å². The van der Waals surface area contributed by atoms with E-state index in [-0.39, 0.29) is 23.9 Å². The summed E-state index contributed by atoms with van der Waals surface area (Å²) in [5.41, 5.74) is 2.94. The Morgan fingerprint density at radius 2 is 1.80 bits per heavy atom. The van der Waals surface area contributed by atoms with Crippen LogP contribution in [0.15, 0.2) is 53.4 Å². The first-order valence-electron chi connectivity index (χ1n) is 11.5. The molecule has 3 aromatic rings. The van der Waals surface area contributed by atoms with E-state index in [9.17, 15) is 17.6 Å². The zero-order chi connectivity index (χ0) is 24.6. The number of halogens is 1. The third kappa shape index (κ3) is 4.79. The molecule has 1 saturated heterocycles. The Hall–Kier alpha value is -3.28. The van der Waals surface area contributed by atoms with E-state index in [1.165, 1.54) is 22.5 Å². The third-order valence-corrected chi connectivity index (χ3v) is 8.40. The van der Waals surface area contributed by atoms with E-state index in [0.29, 0.717) is 23.4 Å². The minimum absolute atomic E-state index is 0.0304. The van der Waals surface area contributed by atoms with Crippen LogP contribution in [-0.4, -0.2) is 73.5 Å². The highest BCUT2D eigenvalue weighted by Crippen LogP contribution is 2.29. The summed E-state index contributed by atoms with van der Waals surface area (Å²) in [4.78, 5) is 17.4. The summed E-state index contributed by atoms with van der Waals surface area (Å²) in [6.07, 6.45) is 0.409. The van der Waals surface area contributed by atoms with Crippen LogP contribution in [0.5, 0.6) is 0 Å². The van der Waals surface area contributed by atoms with Crippen molar-refractivity contribution >= 4 is 27.4 Å². The Labute approximate surface area is 203 Å². The number of carbonyl (C=O) groups is 1. The highest BCUT2D eigenvalue weighted by Gasteiger charge is 2.31. The van der Waals surface area contributed by atoms with Gasteiger partial charge in [-0.15, -0.1) is 0 Å². The summed E-state index contributed by atoms with van der Waals surface area (Å²) in [6.45, 7) is 4.14. The quantitative estimate of drug-likeness (QED) is 0.560. The normalized spacial score (nSPS) is 17.3. The van der Waals surface area contributed by atoms with Crippen molar-refractivity contribution in [3.05, 3.63) is 71.2 Å². The number of amides is 1. The van der Waals surface area contributed by atoms with Gasteiger partial charge in [0.2, 0.25) is 10.0 Å². The molecular weight excluding hydrogens is 471 g/mol. The van der Waals surface area contributed by atoms with Crippen molar-refractivity contribution in [3.63, 3.8) is 0 Å². The molecule has 0 atom stereocenters. The Morgan fingerprint density at radius 1 is 1.06 bits per heavy atom. The molecule has 11 heteroatoms. The second kappa shape index (κ2) is 9.40. The highest BCUT2D eigenvalue weighted by atomic mass is 32.2. The number of hydrogen-bond donors (Lipinski definition) is 2. The number of carbonyl (C=O) groups excluding carboxylic acids is 1. The van der Waals surface area contributed by atoms with E-state index in [1.807, 2.05) is 12.1 Å². The number of nitrogens with zero attached hydrogens (tertiary/aromatic N) is 4. The average molecular weight is 499 g/mol. The molecule has 35 heavy (non-hydrogen) atoms. The average Bonchev–Trinajstić information content (AvgIpc) is 3.26. The Bertz CT molecular complexity index is 1330. The van der Waals surface area contributed by atoms with E-state index < -0.39 is 15.8 Å². The molecule has 1 amide bonds. The summed E-state index contributed by atoms with van der Waals surface area (Å²) in [5, 5.41) is 9.93. The maximum absolute atomic E-state index is 13.6. The summed E-state index contributed by atoms with van der Waals surface area (Å²) >= 11 is 0. The second-order valence-corrected chi connectivity index (χ2v) is 10.8. The van der Waals surface area contributed by atoms with E-state index in [0.717, 1.165) is 43.6 Å². The number of sulfonamides is 1. The van der Waals surface area contributed by atoms with E-state index in [4.69, 9.17) is 0 Å². The molecule has 0 unspecified atom stereocenters. The predicted octanol–water partition coefficient (Wildman–Crippen LogP) is 2.30. The fraction of sp³-hybridized carbons (Fsp3) is 0.333. The zero-order valence-electron chi connectivity index (χ0n) is 19.4. The molecular formula is C24H27FN6O3S. The molecule has 2 N–H and O–H groups in total. The van der Waals surface area contributed by atoms with Crippen molar-refractivity contribution in [2.45, 2.75) is 17.9 Å². The largest absolute Gasteiger partial charge is 0.369 e. The van der Waals surface area contributed by atoms with Crippen molar-refractivity contribution in [1.82, 2.24) is 19.4 Å². The molecule has 184 valence electrons. The number of H-pyrrole nitrogens is 1. The van der Waals surface area contributed by atoms with Crippen molar-refractivity contribution in [1.29, 1.82) is 0 Å². The summed E-state index contributed by atoms with van der Waals surface area (Å²) < 4.78 is 41.0. The van der Waals surface area contributed by atoms with Crippen molar-refractivity contribution in [3.8, 4) is 0 Å². The molecule has 0 saturated carbocycles. The Balaban J connectivity index is 1.29. The third-order valence-electron chi connectivity index (χ3n) is 6.56. The number of hydrogen-bond acceptors (Lipinski definition) is 6. The van der Waals surface area contributed by atoms with Crippen LogP contribution in [0.25, 0.3) is 0 Å². The number of piperazine rings is 1. The van der Waals surface area contributed by atoms with Crippen molar-refractivity contribution in [2.24, 2.45) is 0 Å². The standard InChI is InChI=1S/C24H27FN6O3S/c1-29-11-13-30(14-12-29)19-7-5-17(6-8-19)24(32)26-23-21-16-31(10-9-22(21)27-28-23)35(33,34)20-4-2-3-18(25)15-20/h2-8,15H,9-14,16H2,1H3,(H2,26,27,28,32). The van der Waals surface area contributed by atoms with Crippen LogP contribution < -0.4 is 10.2 Å². The lowest BCUT2D eigenvalue weighted by Gasteiger charge is -2.34. The summed E-state index contributed by atoms with van der Waals surface area (Å²) in [7, 11) is -1.78. The number of fused-ring (bicyclic) bond motifs is 1. The fourth-order valence-corrected chi connectivity index (χ4v) is 5.86. The van der Waals surface area contributed by atoms with Gasteiger partial charge in [-0.2, -0.15) is 9.40 Å². The monoisotopic (exact) mass is 498 g/mol. The number of rotatable bonds is 5. The topological polar surface area (TPSA) is 102 Å². The lowest BCUT2D eigenvalue weighted by atomic mass is 10.1. The van der Waals surface area contributed by atoms with Gasteiger partial charge in [0.05, 0.1) is 4.90 Å². The van der Waals surface area contributed by atoms with Crippen molar-refractivity contribution in [2.75, 3.05) is 50.0 Å². The van der Waals surface area contributed by atoms with Gasteiger partial charge in [0.15, 0.2) is 5.82 Å². The van der Waals surface area contributed by atoms with Crippen LogP contribution in [0, 0.1) is 5.82 Å². The van der Waals surface area contributed by atoms with Gasteiger partial charge in [-0.1, -0.05) is 6.07 Å². The van der Waals surface area contributed by atoms with Gasteiger partial charge in [-0.25, -0.2) is 12.8 Å². The van der Waals surface area contributed by atoms with Crippen LogP contribution in [0.2, 0.25) is 0 Å². The van der Waals surface area contributed by atoms with Crippen LogP contribution in [0.3, 0.4) is 0 Å². The smallest absolute Gasteiger partial charge is 0.256 e. The molecule has 2 aliphatic rings. The predicted molar refractivity (Wildman–Crippen MR) is 130 cm³/mol. The molecule has 0 aliphatic carbocycles. The molecule has 0 radical (unpaired) electrons. The number of likely N-dealkylation sites (N-methyl/N-ethyl adjacent to an activating group) is 1. The Morgan fingerprint density at radius 3 is 2.51 bits per heavy atom. The highest BCUT2D eigenvalue weighted by molar-refractivity contribution is 7.89. The molecule has 9 nitrogen and oxygen atoms in total. The fourth-order valence-electron chi connectivity index (χ4n) is 4.42. The second-order valence-electron chi connectivity index (χ2n) is 8.87. The Kier molecular flexibility index (Phi) is 6.30. The summed E-state index contributed by atoms with van der Waals surface area (Å²) in [6, 6.07) is 12.4. The minimum Gasteiger partial charge on any atom is -0.369 e. The molecule has 1 fully saturated rings. The lowest BCUT2D eigenvalue weighted by Crippen LogP contribution is -2.44. The minimum atomic E-state index is -3.89. The molecule has 1 aromatic heterocycles. The van der Waals surface area contributed by atoms with E-state index >= 15 is 0 Å². The van der Waals surface area contributed by atoms with Gasteiger partial charge in [0, 0.05) is 68.2 Å². The lowest BCUT2D eigenvalue weighted by molar-refractivity contribution is 0.102. The molecule has 2 aliphatic heterocycles. The molecule has 2 aromatic carbocycles. The first-order valence-corrected chi connectivity index (χ1v) is 12.9. The molecule has 5 rings (SSSR count). The maximum atomic E-state index is 13.6. The van der Waals surface area contributed by atoms with Crippen LogP contribution in [0.4, 0.5) is 15.9 Å². The van der Waals surface area contributed by atoms with Gasteiger partial charge in [-0.05, 0) is 49.5 Å². The number of anilines is 2. The van der Waals surface area contributed by atoms with Gasteiger partial charge < -0.3 is 15.1 Å². The van der Waals surface area contributed by atoms with Crippen LogP contribution >= 0.6 is 0 Å². The molecule has 0 bridgehead atoms. The van der Waals surface area contributed by atoms with Gasteiger partial charge in [0.25, 0.3) is 5.91 Å². The SMILES string of the molecule is CN1CCN(c2ccc(C(=O)Nc3n[nH]c4c3CN(S(=O)(=O)c3cccc(F)c3)CC4)cc2)CC1. The molecule has 0 spiro atoms. The van der Waals surface area contributed by atoms with E-state index in [2.05, 4.69) is 32.4 Å².